The fourth-order valence-corrected chi connectivity index (χ4v) is 6.74. The number of halogens is 2. The molecule has 0 unspecified atom stereocenters. The average Bonchev–Trinajstić information content (AvgIpc) is 2.93. The van der Waals surface area contributed by atoms with Crippen molar-refractivity contribution in [2.75, 3.05) is 38.0 Å². The van der Waals surface area contributed by atoms with Crippen LogP contribution in [0, 0.1) is 0 Å². The van der Waals surface area contributed by atoms with Crippen LogP contribution in [0.2, 0.25) is 0 Å². The molecule has 0 atom stereocenters. The van der Waals surface area contributed by atoms with E-state index in [1.807, 2.05) is 29.2 Å². The summed E-state index contributed by atoms with van der Waals surface area (Å²) in [7, 11) is -3.48. The van der Waals surface area contributed by atoms with Crippen LogP contribution in [0.25, 0.3) is 0 Å². The van der Waals surface area contributed by atoms with Crippen molar-refractivity contribution in [3.63, 3.8) is 0 Å². The number of hydrogen-bond donors (Lipinski definition) is 1. The van der Waals surface area contributed by atoms with Crippen LogP contribution in [-0.4, -0.2) is 56.3 Å². The van der Waals surface area contributed by atoms with Crippen LogP contribution in [0.4, 0.5) is 5.69 Å². The van der Waals surface area contributed by atoms with Gasteiger partial charge in [0.1, 0.15) is 4.21 Å². The Bertz CT molecular complexity index is 900. The number of rotatable bonds is 5. The number of hydrogen-bond acceptors (Lipinski definition) is 5. The summed E-state index contributed by atoms with van der Waals surface area (Å²) >= 11 is 7.89. The number of sulfonamides is 1. The molecule has 0 radical (unpaired) electrons. The third kappa shape index (κ3) is 5.61. The van der Waals surface area contributed by atoms with Gasteiger partial charge in [0.15, 0.2) is 0 Å². The Morgan fingerprint density at radius 3 is 2.44 bits per heavy atom. The van der Waals surface area contributed by atoms with Crippen LogP contribution in [0.1, 0.15) is 6.42 Å². The number of carbonyl (C=O) groups excluding carboxylic acids is 1. The number of nitrogens with one attached hydrogen (secondary N) is 1. The zero-order chi connectivity index (χ0) is 19.4. The SMILES string of the molecule is O=C(CN1CCCN(S(=O)(=O)c2ccc(Br)s2)CC1)Nc1ccc(Br)cc1. The van der Waals surface area contributed by atoms with Gasteiger partial charge in [0.05, 0.1) is 10.3 Å². The second-order valence-electron chi connectivity index (χ2n) is 6.15. The van der Waals surface area contributed by atoms with Gasteiger partial charge in [-0.25, -0.2) is 8.42 Å². The number of thiophene rings is 1. The summed E-state index contributed by atoms with van der Waals surface area (Å²) < 4.78 is 29.1. The van der Waals surface area contributed by atoms with Crippen LogP contribution >= 0.6 is 43.2 Å². The number of carbonyl (C=O) groups is 1. The number of benzene rings is 1. The highest BCUT2D eigenvalue weighted by Crippen LogP contribution is 2.29. The fraction of sp³-hybridized carbons (Fsp3) is 0.353. The van der Waals surface area contributed by atoms with E-state index in [0.29, 0.717) is 36.8 Å². The zero-order valence-electron chi connectivity index (χ0n) is 14.4. The van der Waals surface area contributed by atoms with Gasteiger partial charge in [0.25, 0.3) is 10.0 Å². The molecule has 1 aliphatic rings. The number of nitrogens with zero attached hydrogens (tertiary/aromatic N) is 2. The fourth-order valence-electron chi connectivity index (χ4n) is 2.85. The van der Waals surface area contributed by atoms with Crippen molar-refractivity contribution in [2.45, 2.75) is 10.6 Å². The third-order valence-corrected chi connectivity index (χ3v) is 8.70. The van der Waals surface area contributed by atoms with Crippen LogP contribution in [0.5, 0.6) is 0 Å². The van der Waals surface area contributed by atoms with Crippen LogP contribution in [0.3, 0.4) is 0 Å². The largest absolute Gasteiger partial charge is 0.325 e. The first-order valence-electron chi connectivity index (χ1n) is 8.38. The summed E-state index contributed by atoms with van der Waals surface area (Å²) in [6.07, 6.45) is 0.692. The van der Waals surface area contributed by atoms with Crippen molar-refractivity contribution < 1.29 is 13.2 Å². The number of anilines is 1. The Balaban J connectivity index is 1.56. The molecule has 10 heteroatoms. The minimum atomic E-state index is -3.48. The summed E-state index contributed by atoms with van der Waals surface area (Å²) in [6.45, 7) is 2.30. The summed E-state index contributed by atoms with van der Waals surface area (Å²) in [6, 6.07) is 10.8. The zero-order valence-corrected chi connectivity index (χ0v) is 19.2. The van der Waals surface area contributed by atoms with Gasteiger partial charge in [0, 0.05) is 29.8 Å². The molecule has 0 spiro atoms. The molecule has 0 bridgehead atoms. The van der Waals surface area contributed by atoms with E-state index in [1.165, 1.54) is 15.6 Å². The van der Waals surface area contributed by atoms with Crippen LogP contribution in [-0.2, 0) is 14.8 Å². The Hall–Kier alpha value is -0.780. The molecule has 1 aromatic heterocycles. The maximum atomic E-state index is 12.8. The Morgan fingerprint density at radius 1 is 1.04 bits per heavy atom. The Kier molecular flexibility index (Phi) is 7.09. The summed E-state index contributed by atoms with van der Waals surface area (Å²) in [5, 5.41) is 2.87. The summed E-state index contributed by atoms with van der Waals surface area (Å²) in [4.78, 5) is 14.3. The van der Waals surface area contributed by atoms with E-state index in [2.05, 4.69) is 37.2 Å². The first kappa shape index (κ1) is 20.9. The van der Waals surface area contributed by atoms with E-state index in [-0.39, 0.29) is 12.5 Å². The quantitative estimate of drug-likeness (QED) is 0.633. The molecular weight excluding hydrogens is 518 g/mol. The molecule has 27 heavy (non-hydrogen) atoms. The lowest BCUT2D eigenvalue weighted by Gasteiger charge is -2.21. The lowest BCUT2D eigenvalue weighted by molar-refractivity contribution is -0.117. The molecule has 2 aromatic rings. The molecule has 1 aromatic carbocycles. The van der Waals surface area contributed by atoms with Crippen molar-refractivity contribution in [1.29, 1.82) is 0 Å². The smallest absolute Gasteiger partial charge is 0.252 e. The molecule has 2 heterocycles. The van der Waals surface area contributed by atoms with Gasteiger partial charge in [-0.2, -0.15) is 4.31 Å². The highest BCUT2D eigenvalue weighted by Gasteiger charge is 2.28. The molecule has 1 fully saturated rings. The standard InChI is InChI=1S/C17H19Br2N3O3S2/c18-13-2-4-14(5-3-13)20-16(23)12-21-8-1-9-22(11-10-21)27(24,25)17-7-6-15(19)26-17/h2-7H,1,8-12H2,(H,20,23). The average molecular weight is 537 g/mol. The van der Waals surface area contributed by atoms with Crippen molar-refractivity contribution >= 4 is 64.8 Å². The van der Waals surface area contributed by atoms with Crippen LogP contribution in [0.15, 0.2) is 48.9 Å². The first-order valence-corrected chi connectivity index (χ1v) is 12.2. The van der Waals surface area contributed by atoms with Crippen molar-refractivity contribution in [3.05, 3.63) is 44.7 Å². The maximum Gasteiger partial charge on any atom is 0.252 e. The van der Waals surface area contributed by atoms with Gasteiger partial charge >= 0.3 is 0 Å². The van der Waals surface area contributed by atoms with Gasteiger partial charge < -0.3 is 5.32 Å². The van der Waals surface area contributed by atoms with E-state index in [4.69, 9.17) is 0 Å². The monoisotopic (exact) mass is 535 g/mol. The number of amides is 1. The van der Waals surface area contributed by atoms with Gasteiger partial charge in [0.2, 0.25) is 5.91 Å². The van der Waals surface area contributed by atoms with Gasteiger partial charge in [-0.05, 0) is 65.3 Å². The van der Waals surface area contributed by atoms with Crippen molar-refractivity contribution in [2.24, 2.45) is 0 Å². The minimum Gasteiger partial charge on any atom is -0.325 e. The van der Waals surface area contributed by atoms with E-state index in [1.54, 1.807) is 12.1 Å². The Morgan fingerprint density at radius 2 is 1.78 bits per heavy atom. The minimum absolute atomic E-state index is 0.101. The van der Waals surface area contributed by atoms with E-state index < -0.39 is 10.0 Å². The van der Waals surface area contributed by atoms with Gasteiger partial charge in [-0.3, -0.25) is 9.69 Å². The molecular formula is C17H19Br2N3O3S2. The molecule has 146 valence electrons. The normalized spacial score (nSPS) is 16.8. The van der Waals surface area contributed by atoms with Gasteiger partial charge in [-0.1, -0.05) is 15.9 Å². The predicted octanol–water partition coefficient (Wildman–Crippen LogP) is 3.61. The lowest BCUT2D eigenvalue weighted by Crippen LogP contribution is -2.37. The highest BCUT2D eigenvalue weighted by atomic mass is 79.9. The molecule has 1 N–H and O–H groups in total. The molecule has 1 aliphatic heterocycles. The van der Waals surface area contributed by atoms with E-state index in [9.17, 15) is 13.2 Å². The lowest BCUT2D eigenvalue weighted by atomic mass is 10.3. The highest BCUT2D eigenvalue weighted by molar-refractivity contribution is 9.11. The second kappa shape index (κ2) is 9.15. The topological polar surface area (TPSA) is 69.7 Å². The maximum absolute atomic E-state index is 12.8. The first-order chi connectivity index (χ1) is 12.8. The second-order valence-corrected chi connectivity index (χ2v) is 11.7. The Labute approximate surface area is 179 Å². The molecule has 0 aliphatic carbocycles. The molecule has 1 amide bonds. The third-order valence-electron chi connectivity index (χ3n) is 4.19. The molecule has 3 rings (SSSR count). The summed E-state index contributed by atoms with van der Waals surface area (Å²) in [5.41, 5.74) is 0.741. The molecule has 6 nitrogen and oxygen atoms in total. The van der Waals surface area contributed by atoms with Gasteiger partial charge in [-0.15, -0.1) is 11.3 Å². The van der Waals surface area contributed by atoms with Crippen molar-refractivity contribution in [3.8, 4) is 0 Å². The van der Waals surface area contributed by atoms with E-state index in [0.717, 1.165) is 13.9 Å². The van der Waals surface area contributed by atoms with Crippen molar-refractivity contribution in [1.82, 2.24) is 9.21 Å². The van der Waals surface area contributed by atoms with Crippen LogP contribution < -0.4 is 5.32 Å². The molecule has 1 saturated heterocycles. The van der Waals surface area contributed by atoms with E-state index >= 15 is 0 Å². The predicted molar refractivity (Wildman–Crippen MR) is 115 cm³/mol. The summed E-state index contributed by atoms with van der Waals surface area (Å²) in [5.74, 6) is -0.101. The molecule has 0 saturated carbocycles.